The number of rotatable bonds is 5. The molecule has 0 spiro atoms. The van der Waals surface area contributed by atoms with Gasteiger partial charge in [-0.2, -0.15) is 0 Å². The smallest absolute Gasteiger partial charge is 0.251 e. The van der Waals surface area contributed by atoms with Crippen LogP contribution in [0.2, 0.25) is 0 Å². The minimum atomic E-state index is -0.399. The molecule has 0 aromatic heterocycles. The Hall–Kier alpha value is -3.06. The van der Waals surface area contributed by atoms with Crippen LogP contribution in [-0.4, -0.2) is 63.2 Å². The van der Waals surface area contributed by atoms with Gasteiger partial charge in [-0.15, -0.1) is 0 Å². The van der Waals surface area contributed by atoms with Gasteiger partial charge in [-0.1, -0.05) is 12.1 Å². The van der Waals surface area contributed by atoms with Crippen molar-refractivity contribution in [2.75, 3.05) is 50.2 Å². The molecule has 7 nitrogen and oxygen atoms in total. The number of piperazine rings is 1. The number of methoxy groups -OCH3 is 2. The molecule has 2 aliphatic rings. The van der Waals surface area contributed by atoms with Crippen molar-refractivity contribution in [3.8, 4) is 11.5 Å². The van der Waals surface area contributed by atoms with Crippen LogP contribution in [0.25, 0.3) is 0 Å². The van der Waals surface area contributed by atoms with Gasteiger partial charge in [0.2, 0.25) is 5.91 Å². The van der Waals surface area contributed by atoms with Crippen LogP contribution in [0, 0.1) is 0 Å². The molecule has 2 saturated heterocycles. The Morgan fingerprint density at radius 2 is 1.55 bits per heavy atom. The average molecular weight is 395 g/mol. The molecule has 1 atom stereocenters. The summed E-state index contributed by atoms with van der Waals surface area (Å²) in [5, 5.41) is 0. The standard InChI is InChI=1S/C22H25N3O4/c1-28-17-9-7-16(8-10-17)25-21(26)15-19(22(25)27)24-13-11-23(12-14-24)18-5-3-4-6-20(18)29-2/h3-10,19H,11-15H2,1-2H3/t19-/m1/s1. The highest BCUT2D eigenvalue weighted by Crippen LogP contribution is 2.31. The van der Waals surface area contributed by atoms with Crippen molar-refractivity contribution in [1.29, 1.82) is 0 Å². The van der Waals surface area contributed by atoms with Gasteiger partial charge in [0.25, 0.3) is 5.91 Å². The number of ether oxygens (including phenoxy) is 2. The van der Waals surface area contributed by atoms with E-state index in [1.807, 2.05) is 24.3 Å². The van der Waals surface area contributed by atoms with Crippen LogP contribution in [0.4, 0.5) is 11.4 Å². The van der Waals surface area contributed by atoms with Crippen LogP contribution in [0.15, 0.2) is 48.5 Å². The van der Waals surface area contributed by atoms with Gasteiger partial charge in [0.1, 0.15) is 11.5 Å². The molecular formula is C22H25N3O4. The topological polar surface area (TPSA) is 62.3 Å². The first-order valence-electron chi connectivity index (χ1n) is 9.75. The summed E-state index contributed by atoms with van der Waals surface area (Å²) >= 11 is 0. The lowest BCUT2D eigenvalue weighted by molar-refractivity contribution is -0.123. The molecule has 2 aromatic carbocycles. The summed E-state index contributed by atoms with van der Waals surface area (Å²) in [4.78, 5) is 31.3. The highest BCUT2D eigenvalue weighted by Gasteiger charge is 2.43. The van der Waals surface area contributed by atoms with E-state index in [1.165, 1.54) is 4.90 Å². The van der Waals surface area contributed by atoms with E-state index < -0.39 is 6.04 Å². The van der Waals surface area contributed by atoms with Gasteiger partial charge in [0.15, 0.2) is 0 Å². The summed E-state index contributed by atoms with van der Waals surface area (Å²) in [7, 11) is 3.26. The van der Waals surface area contributed by atoms with E-state index in [1.54, 1.807) is 38.5 Å². The maximum absolute atomic E-state index is 13.0. The Morgan fingerprint density at radius 1 is 0.862 bits per heavy atom. The number of carbonyl (C=O) groups excluding carboxylic acids is 2. The van der Waals surface area contributed by atoms with Crippen LogP contribution in [0.5, 0.6) is 11.5 Å². The number of imide groups is 1. The van der Waals surface area contributed by atoms with E-state index >= 15 is 0 Å². The monoisotopic (exact) mass is 395 g/mol. The van der Waals surface area contributed by atoms with Crippen LogP contribution < -0.4 is 19.3 Å². The Labute approximate surface area is 170 Å². The lowest BCUT2D eigenvalue weighted by Gasteiger charge is -2.38. The third-order valence-electron chi connectivity index (χ3n) is 5.63. The Morgan fingerprint density at radius 3 is 2.21 bits per heavy atom. The molecule has 152 valence electrons. The Balaban J connectivity index is 1.43. The second kappa shape index (κ2) is 8.13. The molecule has 0 bridgehead atoms. The predicted molar refractivity (Wildman–Crippen MR) is 111 cm³/mol. The first kappa shape index (κ1) is 19.3. The molecule has 2 aliphatic heterocycles. The number of amides is 2. The largest absolute Gasteiger partial charge is 0.497 e. The molecule has 2 amide bonds. The van der Waals surface area contributed by atoms with Crippen molar-refractivity contribution in [1.82, 2.24) is 4.90 Å². The number of benzene rings is 2. The van der Waals surface area contributed by atoms with E-state index in [9.17, 15) is 9.59 Å². The fourth-order valence-corrected chi connectivity index (χ4v) is 4.07. The fraction of sp³-hybridized carbons (Fsp3) is 0.364. The van der Waals surface area contributed by atoms with Crippen molar-refractivity contribution in [3.05, 3.63) is 48.5 Å². The molecule has 4 rings (SSSR count). The van der Waals surface area contributed by atoms with Crippen LogP contribution >= 0.6 is 0 Å². The lowest BCUT2D eigenvalue weighted by atomic mass is 10.1. The predicted octanol–water partition coefficient (Wildman–Crippen LogP) is 2.16. The molecule has 7 heteroatoms. The molecular weight excluding hydrogens is 370 g/mol. The van der Waals surface area contributed by atoms with Crippen molar-refractivity contribution in [2.24, 2.45) is 0 Å². The van der Waals surface area contributed by atoms with Gasteiger partial charge in [0, 0.05) is 26.2 Å². The number of para-hydroxylation sites is 2. The molecule has 2 heterocycles. The van der Waals surface area contributed by atoms with Crippen LogP contribution in [0.1, 0.15) is 6.42 Å². The summed E-state index contributed by atoms with van der Waals surface area (Å²) in [5.41, 5.74) is 1.65. The maximum Gasteiger partial charge on any atom is 0.251 e. The number of carbonyl (C=O) groups is 2. The molecule has 2 aromatic rings. The van der Waals surface area contributed by atoms with E-state index in [2.05, 4.69) is 9.80 Å². The second-order valence-corrected chi connectivity index (χ2v) is 7.18. The highest BCUT2D eigenvalue weighted by molar-refractivity contribution is 6.22. The minimum absolute atomic E-state index is 0.147. The molecule has 29 heavy (non-hydrogen) atoms. The fourth-order valence-electron chi connectivity index (χ4n) is 4.07. The number of anilines is 2. The quantitative estimate of drug-likeness (QED) is 0.723. The van der Waals surface area contributed by atoms with Gasteiger partial charge in [-0.05, 0) is 36.4 Å². The number of nitrogens with zero attached hydrogens (tertiary/aromatic N) is 3. The molecule has 0 unspecified atom stereocenters. The van der Waals surface area contributed by atoms with Crippen molar-refractivity contribution >= 4 is 23.2 Å². The Kier molecular flexibility index (Phi) is 5.40. The normalized spacial score (nSPS) is 20.3. The first-order chi connectivity index (χ1) is 14.1. The molecule has 0 aliphatic carbocycles. The van der Waals surface area contributed by atoms with Crippen LogP contribution in [-0.2, 0) is 9.59 Å². The summed E-state index contributed by atoms with van der Waals surface area (Å²) in [6, 6.07) is 14.6. The summed E-state index contributed by atoms with van der Waals surface area (Å²) in [6.07, 6.45) is 0.222. The van der Waals surface area contributed by atoms with Gasteiger partial charge in [-0.3, -0.25) is 14.5 Å². The van der Waals surface area contributed by atoms with E-state index in [-0.39, 0.29) is 18.2 Å². The molecule has 0 saturated carbocycles. The lowest BCUT2D eigenvalue weighted by Crippen LogP contribution is -2.52. The maximum atomic E-state index is 13.0. The van der Waals surface area contributed by atoms with Gasteiger partial charge in [-0.25, -0.2) is 4.90 Å². The van der Waals surface area contributed by atoms with E-state index in [0.29, 0.717) is 11.4 Å². The van der Waals surface area contributed by atoms with Crippen molar-refractivity contribution < 1.29 is 19.1 Å². The van der Waals surface area contributed by atoms with Crippen LogP contribution in [0.3, 0.4) is 0 Å². The molecule has 2 fully saturated rings. The zero-order valence-corrected chi connectivity index (χ0v) is 16.7. The summed E-state index contributed by atoms with van der Waals surface area (Å²) < 4.78 is 10.6. The number of hydrogen-bond donors (Lipinski definition) is 0. The zero-order valence-electron chi connectivity index (χ0n) is 16.7. The molecule has 0 N–H and O–H groups in total. The van der Waals surface area contributed by atoms with Crippen molar-refractivity contribution in [2.45, 2.75) is 12.5 Å². The van der Waals surface area contributed by atoms with Gasteiger partial charge >= 0.3 is 0 Å². The average Bonchev–Trinajstić information content (AvgIpc) is 3.07. The minimum Gasteiger partial charge on any atom is -0.497 e. The Bertz CT molecular complexity index is 891. The zero-order chi connectivity index (χ0) is 20.4. The van der Waals surface area contributed by atoms with Gasteiger partial charge < -0.3 is 14.4 Å². The molecule has 0 radical (unpaired) electrons. The van der Waals surface area contributed by atoms with E-state index in [0.717, 1.165) is 37.6 Å². The van der Waals surface area contributed by atoms with Gasteiger partial charge in [0.05, 0.1) is 38.1 Å². The summed E-state index contributed by atoms with van der Waals surface area (Å²) in [5.74, 6) is 1.24. The first-order valence-corrected chi connectivity index (χ1v) is 9.75. The SMILES string of the molecule is COc1ccc(N2C(=O)C[C@@H](N3CCN(c4ccccc4OC)CC3)C2=O)cc1. The third kappa shape index (κ3) is 3.65. The number of hydrogen-bond acceptors (Lipinski definition) is 6. The van der Waals surface area contributed by atoms with Crippen molar-refractivity contribution in [3.63, 3.8) is 0 Å². The second-order valence-electron chi connectivity index (χ2n) is 7.18. The highest BCUT2D eigenvalue weighted by atomic mass is 16.5. The summed E-state index contributed by atoms with van der Waals surface area (Å²) in [6.45, 7) is 3.00. The third-order valence-corrected chi connectivity index (χ3v) is 5.63. The van der Waals surface area contributed by atoms with E-state index in [4.69, 9.17) is 9.47 Å².